The quantitative estimate of drug-likeness (QED) is 0.864. The fourth-order valence-electron chi connectivity index (χ4n) is 2.70. The number of hydrogen-bond donors (Lipinski definition) is 1. The average molecular weight is 248 g/mol. The number of hydrogen-bond acceptors (Lipinski definition) is 4. The number of anilines is 2. The highest BCUT2D eigenvalue weighted by Gasteiger charge is 2.24. The van der Waals surface area contributed by atoms with E-state index in [2.05, 4.69) is 46.2 Å². The Bertz CT molecular complexity index is 380. The molecule has 4 nitrogen and oxygen atoms in total. The number of likely N-dealkylation sites (N-methyl/N-ethyl adjacent to an activating group) is 2. The summed E-state index contributed by atoms with van der Waals surface area (Å²) < 4.78 is 0. The van der Waals surface area contributed by atoms with Crippen molar-refractivity contribution in [1.29, 1.82) is 0 Å². The fraction of sp³-hybridized carbons (Fsp3) is 0.643. The van der Waals surface area contributed by atoms with Gasteiger partial charge in [0.05, 0.1) is 0 Å². The Morgan fingerprint density at radius 1 is 1.50 bits per heavy atom. The van der Waals surface area contributed by atoms with Gasteiger partial charge in [-0.05, 0) is 38.1 Å². The van der Waals surface area contributed by atoms with Crippen LogP contribution in [0.3, 0.4) is 0 Å². The molecule has 0 aromatic carbocycles. The Balaban J connectivity index is 2.00. The minimum absolute atomic E-state index is 0.681. The Hall–Kier alpha value is -1.29. The van der Waals surface area contributed by atoms with Gasteiger partial charge >= 0.3 is 0 Å². The van der Waals surface area contributed by atoms with E-state index < -0.39 is 0 Å². The van der Waals surface area contributed by atoms with Crippen LogP contribution in [0.5, 0.6) is 0 Å². The van der Waals surface area contributed by atoms with E-state index in [0.717, 1.165) is 24.7 Å². The number of likely N-dealkylation sites (tertiary alicyclic amines) is 1. The highest BCUT2D eigenvalue weighted by Crippen LogP contribution is 2.20. The van der Waals surface area contributed by atoms with Crippen LogP contribution < -0.4 is 10.2 Å². The third kappa shape index (κ3) is 2.93. The minimum Gasteiger partial charge on any atom is -0.373 e. The second kappa shape index (κ2) is 6.05. The average Bonchev–Trinajstić information content (AvgIpc) is 2.86. The van der Waals surface area contributed by atoms with Crippen LogP contribution >= 0.6 is 0 Å². The van der Waals surface area contributed by atoms with E-state index in [9.17, 15) is 0 Å². The molecular formula is C14H24N4. The Labute approximate surface area is 110 Å². The normalized spacial score (nSPS) is 20.1. The molecule has 1 aromatic heterocycles. The summed E-state index contributed by atoms with van der Waals surface area (Å²) in [6.07, 6.45) is 2.64. The van der Waals surface area contributed by atoms with Crippen molar-refractivity contribution in [2.45, 2.75) is 25.8 Å². The summed E-state index contributed by atoms with van der Waals surface area (Å²) in [6.45, 7) is 5.72. The van der Waals surface area contributed by atoms with Crippen LogP contribution in [0.25, 0.3) is 0 Å². The summed E-state index contributed by atoms with van der Waals surface area (Å²) in [5.74, 6) is 1.97. The largest absolute Gasteiger partial charge is 0.373 e. The molecule has 100 valence electrons. The molecule has 1 aliphatic heterocycles. The molecule has 2 rings (SSSR count). The van der Waals surface area contributed by atoms with Crippen LogP contribution in [-0.4, -0.2) is 49.7 Å². The van der Waals surface area contributed by atoms with Gasteiger partial charge in [0.15, 0.2) is 0 Å². The molecular weight excluding hydrogens is 224 g/mol. The molecule has 1 unspecified atom stereocenters. The Morgan fingerprint density at radius 2 is 2.33 bits per heavy atom. The summed E-state index contributed by atoms with van der Waals surface area (Å²) in [5.41, 5.74) is 0. The maximum Gasteiger partial charge on any atom is 0.130 e. The SMILES string of the molecule is CCN1CCCC1CN(C)c1cccc(NC)n1. The van der Waals surface area contributed by atoms with Gasteiger partial charge in [0.1, 0.15) is 11.6 Å². The topological polar surface area (TPSA) is 31.4 Å². The van der Waals surface area contributed by atoms with Crippen molar-refractivity contribution in [3.05, 3.63) is 18.2 Å². The lowest BCUT2D eigenvalue weighted by Gasteiger charge is -2.28. The number of pyridine rings is 1. The first-order valence-electron chi connectivity index (χ1n) is 6.84. The number of aromatic nitrogens is 1. The standard InChI is InChI=1S/C14H24N4/c1-4-18-10-6-7-12(18)11-17(3)14-9-5-8-13(15-2)16-14/h5,8-9,12H,4,6-7,10-11H2,1-3H3,(H,15,16). The summed E-state index contributed by atoms with van der Waals surface area (Å²) in [6, 6.07) is 6.80. The maximum absolute atomic E-state index is 4.58. The van der Waals surface area contributed by atoms with Crippen LogP contribution in [0.4, 0.5) is 11.6 Å². The van der Waals surface area contributed by atoms with Crippen LogP contribution in [0.1, 0.15) is 19.8 Å². The zero-order valence-corrected chi connectivity index (χ0v) is 11.7. The Kier molecular flexibility index (Phi) is 4.42. The zero-order valence-electron chi connectivity index (χ0n) is 11.7. The predicted molar refractivity (Wildman–Crippen MR) is 77.3 cm³/mol. The second-order valence-corrected chi connectivity index (χ2v) is 4.94. The zero-order chi connectivity index (χ0) is 13.0. The van der Waals surface area contributed by atoms with Gasteiger partial charge in [0.2, 0.25) is 0 Å². The van der Waals surface area contributed by atoms with E-state index in [4.69, 9.17) is 0 Å². The van der Waals surface area contributed by atoms with Crippen molar-refractivity contribution in [2.24, 2.45) is 0 Å². The molecule has 1 saturated heterocycles. The lowest BCUT2D eigenvalue weighted by molar-refractivity contribution is 0.270. The van der Waals surface area contributed by atoms with Crippen molar-refractivity contribution < 1.29 is 0 Å². The molecule has 1 fully saturated rings. The number of nitrogens with one attached hydrogen (secondary N) is 1. The van der Waals surface area contributed by atoms with Crippen molar-refractivity contribution in [1.82, 2.24) is 9.88 Å². The van der Waals surface area contributed by atoms with Gasteiger partial charge in [-0.25, -0.2) is 4.98 Å². The third-order valence-corrected chi connectivity index (χ3v) is 3.77. The minimum atomic E-state index is 0.681. The summed E-state index contributed by atoms with van der Waals surface area (Å²) >= 11 is 0. The predicted octanol–water partition coefficient (Wildman–Crippen LogP) is 2.04. The van der Waals surface area contributed by atoms with Gasteiger partial charge in [-0.2, -0.15) is 0 Å². The number of nitrogens with zero attached hydrogens (tertiary/aromatic N) is 3. The lowest BCUT2D eigenvalue weighted by Crippen LogP contribution is -2.39. The molecule has 0 radical (unpaired) electrons. The molecule has 0 amide bonds. The monoisotopic (exact) mass is 248 g/mol. The van der Waals surface area contributed by atoms with E-state index in [-0.39, 0.29) is 0 Å². The van der Waals surface area contributed by atoms with E-state index >= 15 is 0 Å². The van der Waals surface area contributed by atoms with Gasteiger partial charge in [-0.1, -0.05) is 13.0 Å². The molecule has 18 heavy (non-hydrogen) atoms. The molecule has 0 spiro atoms. The van der Waals surface area contributed by atoms with Crippen LogP contribution in [0, 0.1) is 0 Å². The summed E-state index contributed by atoms with van der Waals surface area (Å²) in [4.78, 5) is 9.41. The van der Waals surface area contributed by atoms with Gasteiger partial charge < -0.3 is 10.2 Å². The third-order valence-electron chi connectivity index (χ3n) is 3.77. The molecule has 1 atom stereocenters. The van der Waals surface area contributed by atoms with Crippen LogP contribution in [-0.2, 0) is 0 Å². The van der Waals surface area contributed by atoms with E-state index in [1.54, 1.807) is 0 Å². The first-order valence-corrected chi connectivity index (χ1v) is 6.84. The Morgan fingerprint density at radius 3 is 3.06 bits per heavy atom. The van der Waals surface area contributed by atoms with Gasteiger partial charge in [-0.15, -0.1) is 0 Å². The van der Waals surface area contributed by atoms with Gasteiger partial charge in [0, 0.05) is 26.7 Å². The smallest absolute Gasteiger partial charge is 0.130 e. The highest BCUT2D eigenvalue weighted by atomic mass is 15.2. The van der Waals surface area contributed by atoms with E-state index in [0.29, 0.717) is 6.04 Å². The lowest BCUT2D eigenvalue weighted by atomic mass is 10.2. The van der Waals surface area contributed by atoms with E-state index in [1.165, 1.54) is 19.4 Å². The molecule has 4 heteroatoms. The molecule has 0 saturated carbocycles. The molecule has 0 aliphatic carbocycles. The first-order chi connectivity index (χ1) is 8.74. The van der Waals surface area contributed by atoms with Crippen LogP contribution in [0.15, 0.2) is 18.2 Å². The molecule has 2 heterocycles. The highest BCUT2D eigenvalue weighted by molar-refractivity contribution is 5.46. The molecule has 1 N–H and O–H groups in total. The first kappa shape index (κ1) is 13.1. The van der Waals surface area contributed by atoms with Crippen molar-refractivity contribution in [2.75, 3.05) is 43.9 Å². The van der Waals surface area contributed by atoms with Crippen molar-refractivity contribution in [3.63, 3.8) is 0 Å². The summed E-state index contributed by atoms with van der Waals surface area (Å²) in [5, 5.41) is 3.09. The fourth-order valence-corrected chi connectivity index (χ4v) is 2.70. The van der Waals surface area contributed by atoms with Crippen LogP contribution in [0.2, 0.25) is 0 Å². The van der Waals surface area contributed by atoms with Crippen molar-refractivity contribution >= 4 is 11.6 Å². The van der Waals surface area contributed by atoms with Gasteiger partial charge in [0.25, 0.3) is 0 Å². The summed E-state index contributed by atoms with van der Waals surface area (Å²) in [7, 11) is 4.04. The van der Waals surface area contributed by atoms with E-state index in [1.807, 2.05) is 13.1 Å². The molecule has 1 aliphatic rings. The second-order valence-electron chi connectivity index (χ2n) is 4.94. The molecule has 1 aromatic rings. The number of rotatable bonds is 5. The van der Waals surface area contributed by atoms with Gasteiger partial charge in [-0.3, -0.25) is 4.90 Å². The van der Waals surface area contributed by atoms with Crippen molar-refractivity contribution in [3.8, 4) is 0 Å². The molecule has 0 bridgehead atoms. The maximum atomic E-state index is 4.58.